The number of aliphatic carboxylic acids is 1. The van der Waals surface area contributed by atoms with Crippen LogP contribution in [0.25, 0.3) is 0 Å². The first-order valence-corrected chi connectivity index (χ1v) is 10.3. The summed E-state index contributed by atoms with van der Waals surface area (Å²) in [5, 5.41) is 43.3. The van der Waals surface area contributed by atoms with E-state index >= 15 is 0 Å². The average Bonchev–Trinajstić information content (AvgIpc) is 2.61. The molecule has 5 N–H and O–H groups in total. The lowest BCUT2D eigenvalue weighted by atomic mass is 10.0. The molecule has 2 atom stereocenters. The van der Waals surface area contributed by atoms with Gasteiger partial charge in [0.1, 0.15) is 0 Å². The van der Waals surface area contributed by atoms with Crippen molar-refractivity contribution in [2.75, 3.05) is 13.2 Å². The monoisotopic (exact) mass is 378 g/mol. The van der Waals surface area contributed by atoms with E-state index in [-0.39, 0.29) is 31.8 Å². The highest BCUT2D eigenvalue weighted by Gasteiger charge is 2.05. The van der Waals surface area contributed by atoms with Crippen LogP contribution in [-0.2, 0) is 4.79 Å². The van der Waals surface area contributed by atoms with Crippen molar-refractivity contribution in [3.63, 3.8) is 0 Å². The number of rotatable bonds is 17. The second kappa shape index (κ2) is 22.4. The standard InChI is InChI=1S/C18H36O4.C2H6O2/c1-2-11-16(19)12-7-3-4-8-13-17(20)14-9-5-6-10-15-18(21)22;3-1-2-4/h16-17,19-20H,2-15H2,1H3,(H,21,22);3-4H,1-2H2. The number of carboxylic acids is 1. The lowest BCUT2D eigenvalue weighted by Gasteiger charge is -2.11. The van der Waals surface area contributed by atoms with E-state index in [1.54, 1.807) is 0 Å². The van der Waals surface area contributed by atoms with E-state index in [2.05, 4.69) is 6.92 Å². The van der Waals surface area contributed by atoms with Gasteiger partial charge in [-0.1, -0.05) is 58.3 Å². The summed E-state index contributed by atoms with van der Waals surface area (Å²) in [6.45, 7) is 1.84. The fourth-order valence-electron chi connectivity index (χ4n) is 2.75. The maximum Gasteiger partial charge on any atom is 0.303 e. The Morgan fingerprint density at radius 2 is 1.08 bits per heavy atom. The Balaban J connectivity index is 0. The first-order chi connectivity index (χ1) is 12.5. The molecule has 0 fully saturated rings. The third-order valence-electron chi connectivity index (χ3n) is 4.22. The Bertz CT molecular complexity index is 283. The third-order valence-corrected chi connectivity index (χ3v) is 4.22. The zero-order valence-corrected chi connectivity index (χ0v) is 16.6. The molecule has 0 aromatic heterocycles. The maximum atomic E-state index is 10.3. The third kappa shape index (κ3) is 25.5. The number of aliphatic hydroxyl groups is 4. The molecule has 0 aliphatic rings. The van der Waals surface area contributed by atoms with E-state index in [1.807, 2.05) is 0 Å². The molecule has 0 aliphatic heterocycles. The van der Waals surface area contributed by atoms with Gasteiger partial charge in [0.25, 0.3) is 0 Å². The number of unbranched alkanes of at least 4 members (excludes halogenated alkanes) is 6. The topological polar surface area (TPSA) is 118 Å². The summed E-state index contributed by atoms with van der Waals surface area (Å²) >= 11 is 0. The predicted octanol–water partition coefficient (Wildman–Crippen LogP) is 3.25. The second-order valence-electron chi connectivity index (χ2n) is 6.88. The van der Waals surface area contributed by atoms with Crippen LogP contribution in [0.4, 0.5) is 0 Å². The summed E-state index contributed by atoms with van der Waals surface area (Å²) < 4.78 is 0. The predicted molar refractivity (Wildman–Crippen MR) is 104 cm³/mol. The van der Waals surface area contributed by atoms with Gasteiger partial charge in [-0.2, -0.15) is 0 Å². The largest absolute Gasteiger partial charge is 0.481 e. The zero-order valence-electron chi connectivity index (χ0n) is 16.6. The molecule has 6 heteroatoms. The molecule has 0 saturated heterocycles. The second-order valence-corrected chi connectivity index (χ2v) is 6.88. The summed E-state index contributed by atoms with van der Waals surface area (Å²) in [6.07, 6.45) is 12.6. The quantitative estimate of drug-likeness (QED) is 0.248. The fourth-order valence-corrected chi connectivity index (χ4v) is 2.75. The summed E-state index contributed by atoms with van der Waals surface area (Å²) in [5.41, 5.74) is 0. The van der Waals surface area contributed by atoms with Gasteiger partial charge in [0.2, 0.25) is 0 Å². The normalized spacial score (nSPS) is 13.0. The van der Waals surface area contributed by atoms with E-state index in [0.717, 1.165) is 83.5 Å². The molecule has 26 heavy (non-hydrogen) atoms. The van der Waals surface area contributed by atoms with Crippen molar-refractivity contribution in [2.24, 2.45) is 0 Å². The molecular weight excluding hydrogens is 336 g/mol. The lowest BCUT2D eigenvalue weighted by molar-refractivity contribution is -0.137. The molecule has 0 aromatic carbocycles. The van der Waals surface area contributed by atoms with Crippen molar-refractivity contribution >= 4 is 5.97 Å². The van der Waals surface area contributed by atoms with Crippen molar-refractivity contribution in [3.05, 3.63) is 0 Å². The molecule has 0 aliphatic carbocycles. The molecule has 0 saturated carbocycles. The van der Waals surface area contributed by atoms with E-state index in [4.69, 9.17) is 15.3 Å². The van der Waals surface area contributed by atoms with Crippen molar-refractivity contribution in [1.29, 1.82) is 0 Å². The lowest BCUT2D eigenvalue weighted by Crippen LogP contribution is -2.07. The van der Waals surface area contributed by atoms with Crippen LogP contribution >= 0.6 is 0 Å². The molecule has 0 bridgehead atoms. The molecule has 6 nitrogen and oxygen atoms in total. The highest BCUT2D eigenvalue weighted by atomic mass is 16.4. The summed E-state index contributed by atoms with van der Waals surface area (Å²) in [7, 11) is 0. The number of aliphatic hydroxyl groups excluding tert-OH is 4. The number of carbonyl (C=O) groups is 1. The summed E-state index contributed by atoms with van der Waals surface area (Å²) in [4.78, 5) is 10.3. The summed E-state index contributed by atoms with van der Waals surface area (Å²) in [6, 6.07) is 0. The molecule has 0 amide bonds. The molecule has 0 rings (SSSR count). The van der Waals surface area contributed by atoms with Gasteiger partial charge in [-0.05, 0) is 32.1 Å². The highest BCUT2D eigenvalue weighted by molar-refractivity contribution is 5.66. The maximum absolute atomic E-state index is 10.3. The Hall–Kier alpha value is -0.690. The number of hydrogen-bond donors (Lipinski definition) is 5. The van der Waals surface area contributed by atoms with Crippen molar-refractivity contribution in [1.82, 2.24) is 0 Å². The Morgan fingerprint density at radius 1 is 0.692 bits per heavy atom. The van der Waals surface area contributed by atoms with Crippen LogP contribution < -0.4 is 0 Å². The Kier molecular flexibility index (Phi) is 23.7. The molecule has 0 spiro atoms. The van der Waals surface area contributed by atoms with Crippen LogP contribution in [0.15, 0.2) is 0 Å². The molecule has 0 heterocycles. The summed E-state index contributed by atoms with van der Waals surface area (Å²) in [5.74, 6) is -0.720. The van der Waals surface area contributed by atoms with E-state index < -0.39 is 5.97 Å². The Morgan fingerprint density at radius 3 is 1.42 bits per heavy atom. The SMILES string of the molecule is CCCC(O)CCCCCCC(O)CCCCCCC(=O)O.OCCO. The minimum absolute atomic E-state index is 0.125. The molecule has 0 radical (unpaired) electrons. The van der Waals surface area contributed by atoms with Gasteiger partial charge in [-0.15, -0.1) is 0 Å². The zero-order chi connectivity index (χ0) is 20.0. The van der Waals surface area contributed by atoms with Gasteiger partial charge < -0.3 is 25.5 Å². The van der Waals surface area contributed by atoms with Crippen LogP contribution in [0, 0.1) is 0 Å². The minimum Gasteiger partial charge on any atom is -0.481 e. The van der Waals surface area contributed by atoms with Crippen LogP contribution in [0.3, 0.4) is 0 Å². The fraction of sp³-hybridized carbons (Fsp3) is 0.950. The molecule has 158 valence electrons. The highest BCUT2D eigenvalue weighted by Crippen LogP contribution is 2.14. The first-order valence-electron chi connectivity index (χ1n) is 10.3. The Labute approximate surface area is 159 Å². The van der Waals surface area contributed by atoms with E-state index in [9.17, 15) is 15.0 Å². The van der Waals surface area contributed by atoms with Crippen LogP contribution in [0.1, 0.15) is 96.8 Å². The molecular formula is C20H42O6. The number of hydrogen-bond acceptors (Lipinski definition) is 5. The van der Waals surface area contributed by atoms with Crippen molar-refractivity contribution in [3.8, 4) is 0 Å². The molecule has 2 unspecified atom stereocenters. The minimum atomic E-state index is -0.720. The van der Waals surface area contributed by atoms with Gasteiger partial charge >= 0.3 is 5.97 Å². The van der Waals surface area contributed by atoms with Gasteiger partial charge in [0, 0.05) is 6.42 Å². The van der Waals surface area contributed by atoms with Gasteiger partial charge in [-0.25, -0.2) is 0 Å². The van der Waals surface area contributed by atoms with Crippen molar-refractivity contribution < 1.29 is 30.3 Å². The van der Waals surface area contributed by atoms with Gasteiger partial charge in [0.05, 0.1) is 25.4 Å². The van der Waals surface area contributed by atoms with Crippen LogP contribution in [0.2, 0.25) is 0 Å². The first kappa shape index (κ1) is 27.5. The molecule has 0 aromatic rings. The smallest absolute Gasteiger partial charge is 0.303 e. The number of carboxylic acid groups (broad SMARTS) is 1. The van der Waals surface area contributed by atoms with E-state index in [1.165, 1.54) is 0 Å². The van der Waals surface area contributed by atoms with Crippen LogP contribution in [0.5, 0.6) is 0 Å². The van der Waals surface area contributed by atoms with Crippen molar-refractivity contribution in [2.45, 2.75) is 109 Å². The van der Waals surface area contributed by atoms with Crippen LogP contribution in [-0.4, -0.2) is 56.9 Å². The average molecular weight is 379 g/mol. The van der Waals surface area contributed by atoms with Gasteiger partial charge in [0.15, 0.2) is 0 Å². The van der Waals surface area contributed by atoms with E-state index in [0.29, 0.717) is 0 Å². The van der Waals surface area contributed by atoms with Gasteiger partial charge in [-0.3, -0.25) is 4.79 Å².